The smallest absolute Gasteiger partial charge is 0.295 e. The maximum absolute atomic E-state index is 12.7. The number of carbonyl (C=O) groups excluding carboxylic acids is 2. The van der Waals surface area contributed by atoms with Gasteiger partial charge in [-0.3, -0.25) is 20.4 Å². The first-order valence-corrected chi connectivity index (χ1v) is 9.73. The summed E-state index contributed by atoms with van der Waals surface area (Å²) >= 11 is 0. The van der Waals surface area contributed by atoms with Crippen LogP contribution in [0.4, 0.5) is 8.78 Å². The maximum Gasteiger partial charge on any atom is 0.295 e. The van der Waals surface area contributed by atoms with E-state index in [0.717, 1.165) is 6.26 Å². The largest absolute Gasteiger partial charge is 0.337 e. The molecule has 0 bridgehead atoms. The first-order valence-electron chi connectivity index (χ1n) is 7.84. The van der Waals surface area contributed by atoms with Crippen LogP contribution in [0.3, 0.4) is 0 Å². The van der Waals surface area contributed by atoms with E-state index in [1.54, 1.807) is 0 Å². The molecule has 3 N–H and O–H groups in total. The molecule has 0 atom stereocenters. The first kappa shape index (κ1) is 19.4. The van der Waals surface area contributed by atoms with Crippen LogP contribution in [-0.4, -0.2) is 36.5 Å². The number of rotatable bonds is 4. The lowest BCUT2D eigenvalue weighted by molar-refractivity contribution is 0.0846. The summed E-state index contributed by atoms with van der Waals surface area (Å²) in [4.78, 5) is 30.4. The van der Waals surface area contributed by atoms with Crippen molar-refractivity contribution in [2.24, 2.45) is 0 Å². The minimum Gasteiger partial charge on any atom is -0.337 e. The number of hydrogen-bond acceptors (Lipinski definition) is 5. The number of alkyl halides is 2. The molecule has 0 saturated heterocycles. The topological polar surface area (TPSA) is 121 Å². The third-order valence-corrected chi connectivity index (χ3v) is 4.93. The Kier molecular flexibility index (Phi) is 5.10. The maximum atomic E-state index is 12.7. The predicted octanol–water partition coefficient (Wildman–Crippen LogP) is 1.98. The van der Waals surface area contributed by atoms with Crippen LogP contribution in [0.25, 0.3) is 11.0 Å². The van der Waals surface area contributed by atoms with E-state index in [9.17, 15) is 26.8 Å². The molecule has 2 aromatic carbocycles. The van der Waals surface area contributed by atoms with Gasteiger partial charge in [-0.1, -0.05) is 0 Å². The van der Waals surface area contributed by atoms with Crippen molar-refractivity contribution >= 4 is 32.7 Å². The number of imidazole rings is 1. The Balaban J connectivity index is 1.67. The van der Waals surface area contributed by atoms with E-state index in [4.69, 9.17) is 0 Å². The fourth-order valence-electron chi connectivity index (χ4n) is 2.39. The standard InChI is InChI=1S/C17H14F2N4O4S/c1-28(26,27)11-5-2-9(3-6-11)16(24)22-23-17(25)10-4-7-12-13(8-10)21-15(20-12)14(18)19/h2-8,14H,1H3,(H,20,21)(H,22,24)(H,23,25). The van der Waals surface area contributed by atoms with Crippen LogP contribution in [-0.2, 0) is 9.84 Å². The number of benzene rings is 2. The van der Waals surface area contributed by atoms with Crippen molar-refractivity contribution in [3.63, 3.8) is 0 Å². The monoisotopic (exact) mass is 408 g/mol. The summed E-state index contributed by atoms with van der Waals surface area (Å²) < 4.78 is 48.2. The molecule has 0 radical (unpaired) electrons. The highest BCUT2D eigenvalue weighted by Gasteiger charge is 2.15. The molecular formula is C17H14F2N4O4S. The van der Waals surface area contributed by atoms with Gasteiger partial charge in [0.1, 0.15) is 0 Å². The first-order chi connectivity index (χ1) is 13.1. The van der Waals surface area contributed by atoms with E-state index in [1.165, 1.54) is 42.5 Å². The molecule has 1 heterocycles. The van der Waals surface area contributed by atoms with Gasteiger partial charge in [0, 0.05) is 17.4 Å². The minimum atomic E-state index is -3.39. The van der Waals surface area contributed by atoms with Gasteiger partial charge in [0.25, 0.3) is 18.2 Å². The number of hydrazine groups is 1. The Labute approximate surface area is 157 Å². The number of fused-ring (bicyclic) bond motifs is 1. The highest BCUT2D eigenvalue weighted by atomic mass is 32.2. The zero-order valence-electron chi connectivity index (χ0n) is 14.4. The molecule has 0 fully saturated rings. The zero-order chi connectivity index (χ0) is 20.5. The molecule has 28 heavy (non-hydrogen) atoms. The van der Waals surface area contributed by atoms with Gasteiger partial charge in [-0.2, -0.15) is 0 Å². The number of nitrogens with one attached hydrogen (secondary N) is 3. The van der Waals surface area contributed by atoms with E-state index in [1.807, 2.05) is 0 Å². The van der Waals surface area contributed by atoms with Crippen LogP contribution in [0.2, 0.25) is 0 Å². The number of halogens is 2. The van der Waals surface area contributed by atoms with Crippen LogP contribution >= 0.6 is 0 Å². The van der Waals surface area contributed by atoms with Crippen LogP contribution in [0.15, 0.2) is 47.4 Å². The number of hydrogen-bond donors (Lipinski definition) is 3. The number of carbonyl (C=O) groups is 2. The van der Waals surface area contributed by atoms with Crippen molar-refractivity contribution in [3.8, 4) is 0 Å². The van der Waals surface area contributed by atoms with Crippen molar-refractivity contribution in [3.05, 3.63) is 59.4 Å². The Bertz CT molecular complexity index is 1160. The number of sulfone groups is 1. The van der Waals surface area contributed by atoms with Crippen LogP contribution in [0, 0.1) is 0 Å². The Hall–Kier alpha value is -3.34. The zero-order valence-corrected chi connectivity index (χ0v) is 15.2. The molecule has 0 saturated carbocycles. The lowest BCUT2D eigenvalue weighted by Gasteiger charge is -2.08. The Morgan fingerprint density at radius 2 is 1.57 bits per heavy atom. The van der Waals surface area contributed by atoms with Gasteiger partial charge in [-0.15, -0.1) is 0 Å². The Morgan fingerprint density at radius 1 is 1.00 bits per heavy atom. The summed E-state index contributed by atoms with van der Waals surface area (Å²) in [6.45, 7) is 0. The van der Waals surface area contributed by atoms with Gasteiger partial charge in [0.2, 0.25) is 0 Å². The Morgan fingerprint density at radius 3 is 2.14 bits per heavy atom. The second-order valence-electron chi connectivity index (χ2n) is 5.86. The summed E-state index contributed by atoms with van der Waals surface area (Å²) in [5, 5.41) is 0. The molecule has 1 aromatic heterocycles. The number of H-pyrrole nitrogens is 1. The SMILES string of the molecule is CS(=O)(=O)c1ccc(C(=O)NNC(=O)c2ccc3nc(C(F)F)[nH]c3c2)cc1. The molecule has 3 aromatic rings. The fraction of sp³-hybridized carbons (Fsp3) is 0.118. The summed E-state index contributed by atoms with van der Waals surface area (Å²) in [6, 6.07) is 9.27. The average molecular weight is 408 g/mol. The minimum absolute atomic E-state index is 0.0594. The van der Waals surface area contributed by atoms with Crippen LogP contribution in [0.1, 0.15) is 33.0 Å². The van der Waals surface area contributed by atoms with Gasteiger partial charge in [-0.05, 0) is 42.5 Å². The van der Waals surface area contributed by atoms with E-state index < -0.39 is 33.9 Å². The van der Waals surface area contributed by atoms with Crippen LogP contribution in [0.5, 0.6) is 0 Å². The van der Waals surface area contributed by atoms with E-state index >= 15 is 0 Å². The molecule has 146 valence electrons. The van der Waals surface area contributed by atoms with Gasteiger partial charge >= 0.3 is 0 Å². The molecule has 0 spiro atoms. The molecule has 0 unspecified atom stereocenters. The number of nitrogens with zero attached hydrogens (tertiary/aromatic N) is 1. The van der Waals surface area contributed by atoms with Gasteiger partial charge in [0.05, 0.1) is 15.9 Å². The van der Waals surface area contributed by atoms with Crippen molar-refractivity contribution in [2.45, 2.75) is 11.3 Å². The molecule has 0 aliphatic carbocycles. The van der Waals surface area contributed by atoms with Gasteiger partial charge in [0.15, 0.2) is 15.7 Å². The molecule has 0 aliphatic rings. The quantitative estimate of drug-likeness (QED) is 0.570. The summed E-state index contributed by atoms with van der Waals surface area (Å²) in [7, 11) is -3.39. The van der Waals surface area contributed by atoms with E-state index in [2.05, 4.69) is 20.8 Å². The number of amides is 2. The summed E-state index contributed by atoms with van der Waals surface area (Å²) in [6.07, 6.45) is -1.72. The van der Waals surface area contributed by atoms with Gasteiger partial charge < -0.3 is 4.98 Å². The summed E-state index contributed by atoms with van der Waals surface area (Å²) in [5.41, 5.74) is 5.18. The molecular weight excluding hydrogens is 394 g/mol. The molecule has 3 rings (SSSR count). The van der Waals surface area contributed by atoms with Crippen molar-refractivity contribution in [1.82, 2.24) is 20.8 Å². The summed E-state index contributed by atoms with van der Waals surface area (Å²) in [5.74, 6) is -1.83. The van der Waals surface area contributed by atoms with Gasteiger partial charge in [-0.25, -0.2) is 22.2 Å². The van der Waals surface area contributed by atoms with Crippen molar-refractivity contribution in [1.29, 1.82) is 0 Å². The third-order valence-electron chi connectivity index (χ3n) is 3.80. The fourth-order valence-corrected chi connectivity index (χ4v) is 3.02. The number of aromatic amines is 1. The van der Waals surface area contributed by atoms with Crippen molar-refractivity contribution in [2.75, 3.05) is 6.26 Å². The van der Waals surface area contributed by atoms with Crippen LogP contribution < -0.4 is 10.9 Å². The molecule has 11 heteroatoms. The van der Waals surface area contributed by atoms with E-state index in [-0.39, 0.29) is 27.1 Å². The second kappa shape index (κ2) is 7.35. The lowest BCUT2D eigenvalue weighted by atomic mass is 10.2. The molecule has 8 nitrogen and oxygen atoms in total. The lowest BCUT2D eigenvalue weighted by Crippen LogP contribution is -2.41. The van der Waals surface area contributed by atoms with Crippen molar-refractivity contribution < 1.29 is 26.8 Å². The second-order valence-corrected chi connectivity index (χ2v) is 7.88. The third kappa shape index (κ3) is 4.14. The number of aromatic nitrogens is 2. The highest BCUT2D eigenvalue weighted by Crippen LogP contribution is 2.20. The molecule has 2 amide bonds. The average Bonchev–Trinajstić information content (AvgIpc) is 3.09. The predicted molar refractivity (Wildman–Crippen MR) is 95.5 cm³/mol. The van der Waals surface area contributed by atoms with E-state index in [0.29, 0.717) is 0 Å². The highest BCUT2D eigenvalue weighted by molar-refractivity contribution is 7.90. The normalized spacial score (nSPS) is 11.6. The molecule has 0 aliphatic heterocycles.